The van der Waals surface area contributed by atoms with E-state index in [0.29, 0.717) is 36.5 Å². The van der Waals surface area contributed by atoms with Gasteiger partial charge in [-0.15, -0.1) is 0 Å². The van der Waals surface area contributed by atoms with Gasteiger partial charge in [0.1, 0.15) is 5.75 Å². The van der Waals surface area contributed by atoms with Crippen molar-refractivity contribution >= 4 is 5.97 Å². The van der Waals surface area contributed by atoms with Crippen molar-refractivity contribution in [2.75, 3.05) is 13.4 Å². The van der Waals surface area contributed by atoms with Crippen molar-refractivity contribution in [1.82, 2.24) is 0 Å². The fourth-order valence-corrected chi connectivity index (χ4v) is 3.73. The Bertz CT molecular complexity index is 924. The molecule has 30 heavy (non-hydrogen) atoms. The second kappa shape index (κ2) is 9.19. The van der Waals surface area contributed by atoms with Gasteiger partial charge in [0.25, 0.3) is 0 Å². The molecule has 2 aliphatic rings. The minimum Gasteiger partial charge on any atom is -0.508 e. The van der Waals surface area contributed by atoms with Gasteiger partial charge in [-0.25, -0.2) is 0 Å². The third-order valence-electron chi connectivity index (χ3n) is 5.21. The number of rotatable bonds is 7. The van der Waals surface area contributed by atoms with E-state index in [2.05, 4.69) is 0 Å². The molecule has 7 nitrogen and oxygen atoms in total. The molecule has 0 amide bonds. The van der Waals surface area contributed by atoms with Gasteiger partial charge in [-0.2, -0.15) is 0 Å². The van der Waals surface area contributed by atoms with E-state index >= 15 is 0 Å². The number of benzene rings is 2. The van der Waals surface area contributed by atoms with Crippen LogP contribution in [0.3, 0.4) is 0 Å². The normalized spacial score (nSPS) is 23.0. The molecule has 2 heterocycles. The average molecular weight is 412 g/mol. The quantitative estimate of drug-likeness (QED) is 0.654. The van der Waals surface area contributed by atoms with Gasteiger partial charge in [0.15, 0.2) is 17.8 Å². The van der Waals surface area contributed by atoms with Crippen LogP contribution in [0, 0.1) is 5.92 Å². The number of para-hydroxylation sites is 2. The summed E-state index contributed by atoms with van der Waals surface area (Å²) < 4.78 is 23.4. The molecule has 1 saturated heterocycles. The van der Waals surface area contributed by atoms with Gasteiger partial charge < -0.3 is 29.2 Å². The number of ether oxygens (including phenoxy) is 4. The molecule has 4 rings (SSSR count). The van der Waals surface area contributed by atoms with Crippen molar-refractivity contribution in [2.45, 2.75) is 31.7 Å². The Morgan fingerprint density at radius 3 is 2.73 bits per heavy atom. The van der Waals surface area contributed by atoms with E-state index < -0.39 is 18.4 Å². The van der Waals surface area contributed by atoms with Crippen molar-refractivity contribution in [3.8, 4) is 17.2 Å². The van der Waals surface area contributed by atoms with Crippen LogP contribution in [0.15, 0.2) is 54.6 Å². The number of hydrogen-bond donors (Lipinski definition) is 2. The van der Waals surface area contributed by atoms with Crippen LogP contribution in [0.1, 0.15) is 42.8 Å². The van der Waals surface area contributed by atoms with E-state index in [-0.39, 0.29) is 24.9 Å². The number of carbonyl (C=O) groups is 1. The SMILES string of the molecule is O=C(O)CC/C=C\C[C@@H]1COC(c2cccc3c2OCO3)OC1c1ccccc1O. The van der Waals surface area contributed by atoms with Crippen molar-refractivity contribution in [3.63, 3.8) is 0 Å². The standard InChI is InChI=1S/C23H24O7/c24-18-10-5-4-8-16(18)21-15(7-2-1-3-12-20(25)26)13-27-23(30-21)17-9-6-11-19-22(17)29-14-28-19/h1-2,4-6,8-11,15,21,23-24H,3,7,12-14H2,(H,25,26)/b2-1-/t15-,21?,23?/m1/s1. The van der Waals surface area contributed by atoms with Gasteiger partial charge in [-0.3, -0.25) is 4.79 Å². The van der Waals surface area contributed by atoms with Gasteiger partial charge in [-0.05, 0) is 31.0 Å². The lowest BCUT2D eigenvalue weighted by Gasteiger charge is -2.37. The number of aliphatic carboxylic acids is 1. The predicted molar refractivity (Wildman–Crippen MR) is 107 cm³/mol. The minimum atomic E-state index is -0.819. The smallest absolute Gasteiger partial charge is 0.303 e. The first-order valence-corrected chi connectivity index (χ1v) is 9.93. The van der Waals surface area contributed by atoms with E-state index in [4.69, 9.17) is 24.1 Å². The second-order valence-electron chi connectivity index (χ2n) is 7.26. The van der Waals surface area contributed by atoms with E-state index in [1.807, 2.05) is 42.5 Å². The van der Waals surface area contributed by atoms with Crippen molar-refractivity contribution < 1.29 is 34.0 Å². The molecular formula is C23H24O7. The summed E-state index contributed by atoms with van der Waals surface area (Å²) in [5, 5.41) is 19.2. The number of carboxylic acids is 1. The largest absolute Gasteiger partial charge is 0.508 e. The molecule has 0 aromatic heterocycles. The molecule has 2 aromatic carbocycles. The number of carboxylic acid groups (broad SMARTS) is 1. The number of allylic oxidation sites excluding steroid dienone is 2. The highest BCUT2D eigenvalue weighted by Gasteiger charge is 2.36. The van der Waals surface area contributed by atoms with Gasteiger partial charge in [0.05, 0.1) is 18.3 Å². The zero-order chi connectivity index (χ0) is 20.9. The zero-order valence-electron chi connectivity index (χ0n) is 16.4. The molecule has 158 valence electrons. The van der Waals surface area contributed by atoms with Crippen molar-refractivity contribution in [2.24, 2.45) is 5.92 Å². The number of phenolic OH excluding ortho intramolecular Hbond substituents is 1. The lowest BCUT2D eigenvalue weighted by Crippen LogP contribution is -2.30. The highest BCUT2D eigenvalue weighted by Crippen LogP contribution is 2.46. The van der Waals surface area contributed by atoms with Gasteiger partial charge in [-0.1, -0.05) is 36.4 Å². The highest BCUT2D eigenvalue weighted by atomic mass is 16.7. The first-order chi connectivity index (χ1) is 14.6. The predicted octanol–water partition coefficient (Wildman–Crippen LogP) is 4.33. The topological polar surface area (TPSA) is 94.5 Å². The molecule has 2 N–H and O–H groups in total. The molecule has 2 aliphatic heterocycles. The van der Waals surface area contributed by atoms with Crippen LogP contribution in [0.2, 0.25) is 0 Å². The zero-order valence-corrected chi connectivity index (χ0v) is 16.4. The van der Waals surface area contributed by atoms with Crippen molar-refractivity contribution in [1.29, 1.82) is 0 Å². The summed E-state index contributed by atoms with van der Waals surface area (Å²) in [7, 11) is 0. The number of aromatic hydroxyl groups is 1. The summed E-state index contributed by atoms with van der Waals surface area (Å²) in [6.07, 6.45) is 3.97. The Labute approximate surface area is 174 Å². The molecule has 0 spiro atoms. The molecule has 2 aromatic rings. The number of phenols is 1. The summed E-state index contributed by atoms with van der Waals surface area (Å²) in [4.78, 5) is 10.7. The maximum atomic E-state index is 10.7. The van der Waals surface area contributed by atoms with Gasteiger partial charge >= 0.3 is 5.97 Å². The lowest BCUT2D eigenvalue weighted by atomic mass is 9.91. The molecule has 0 bridgehead atoms. The first kappa shape index (κ1) is 20.3. The van der Waals surface area contributed by atoms with E-state index in [0.717, 1.165) is 5.56 Å². The van der Waals surface area contributed by atoms with Crippen LogP contribution in [0.4, 0.5) is 0 Å². The fourth-order valence-electron chi connectivity index (χ4n) is 3.73. The maximum Gasteiger partial charge on any atom is 0.303 e. The molecule has 0 aliphatic carbocycles. The van der Waals surface area contributed by atoms with E-state index in [9.17, 15) is 9.90 Å². The molecule has 3 atom stereocenters. The number of fused-ring (bicyclic) bond motifs is 1. The Morgan fingerprint density at radius 1 is 1.07 bits per heavy atom. The van der Waals surface area contributed by atoms with Crippen molar-refractivity contribution in [3.05, 3.63) is 65.7 Å². The second-order valence-corrected chi connectivity index (χ2v) is 7.26. The van der Waals surface area contributed by atoms with E-state index in [1.54, 1.807) is 12.1 Å². The Morgan fingerprint density at radius 2 is 1.90 bits per heavy atom. The molecule has 0 radical (unpaired) electrons. The fraction of sp³-hybridized carbons (Fsp3) is 0.348. The maximum absolute atomic E-state index is 10.7. The molecular weight excluding hydrogens is 388 g/mol. The summed E-state index contributed by atoms with van der Waals surface area (Å²) >= 11 is 0. The lowest BCUT2D eigenvalue weighted by molar-refractivity contribution is -0.244. The van der Waals surface area contributed by atoms with Gasteiger partial charge in [0, 0.05) is 17.9 Å². The van der Waals surface area contributed by atoms with Crippen LogP contribution in [0.25, 0.3) is 0 Å². The summed E-state index contributed by atoms with van der Waals surface area (Å²) in [6.45, 7) is 0.573. The summed E-state index contributed by atoms with van der Waals surface area (Å²) in [5.74, 6) is 0.582. The van der Waals surface area contributed by atoms with Crippen LogP contribution >= 0.6 is 0 Å². The number of hydrogen-bond acceptors (Lipinski definition) is 6. The highest BCUT2D eigenvalue weighted by molar-refractivity contribution is 5.66. The third-order valence-corrected chi connectivity index (χ3v) is 5.21. The molecule has 2 unspecified atom stereocenters. The summed E-state index contributed by atoms with van der Waals surface area (Å²) in [5.41, 5.74) is 1.44. The third kappa shape index (κ3) is 4.42. The Balaban J connectivity index is 1.54. The van der Waals surface area contributed by atoms with Crippen LogP contribution < -0.4 is 9.47 Å². The minimum absolute atomic E-state index is 0.0374. The van der Waals surface area contributed by atoms with Crippen LogP contribution in [-0.2, 0) is 14.3 Å². The monoisotopic (exact) mass is 412 g/mol. The average Bonchev–Trinajstić information content (AvgIpc) is 3.23. The molecule has 7 heteroatoms. The van der Waals surface area contributed by atoms with Gasteiger partial charge in [0.2, 0.25) is 6.79 Å². The molecule has 0 saturated carbocycles. The molecule has 1 fully saturated rings. The van der Waals surface area contributed by atoms with Crippen LogP contribution in [-0.4, -0.2) is 29.6 Å². The Hall–Kier alpha value is -3.03. The van der Waals surface area contributed by atoms with E-state index in [1.165, 1.54) is 0 Å². The summed E-state index contributed by atoms with van der Waals surface area (Å²) in [6, 6.07) is 12.7. The Kier molecular flexibility index (Phi) is 6.21. The van der Waals surface area contributed by atoms with Crippen LogP contribution in [0.5, 0.6) is 17.2 Å². The first-order valence-electron chi connectivity index (χ1n) is 9.93.